The van der Waals surface area contributed by atoms with Gasteiger partial charge in [-0.25, -0.2) is 9.97 Å². The number of hydrogen-bond acceptors (Lipinski definition) is 6. The van der Waals surface area contributed by atoms with Crippen LogP contribution in [0.2, 0.25) is 10.0 Å². The van der Waals surface area contributed by atoms with E-state index in [1.165, 1.54) is 34.5 Å². The first-order valence-electron chi connectivity index (χ1n) is 9.72. The molecule has 0 saturated carbocycles. The Labute approximate surface area is 192 Å². The van der Waals surface area contributed by atoms with Crippen LogP contribution in [-0.4, -0.2) is 25.7 Å². The quantitative estimate of drug-likeness (QED) is 0.400. The largest absolute Gasteiger partial charge is 0.308 e. The summed E-state index contributed by atoms with van der Waals surface area (Å²) >= 11 is 14.8. The van der Waals surface area contributed by atoms with Crippen molar-refractivity contribution in [1.82, 2.24) is 14.5 Å². The van der Waals surface area contributed by atoms with Gasteiger partial charge in [0.15, 0.2) is 11.0 Å². The summed E-state index contributed by atoms with van der Waals surface area (Å²) in [6.07, 6.45) is 5.64. The Balaban J connectivity index is 1.62. The Bertz CT molecular complexity index is 1190. The van der Waals surface area contributed by atoms with E-state index >= 15 is 0 Å². The number of thioether (sulfide) groups is 1. The maximum absolute atomic E-state index is 13.2. The lowest BCUT2D eigenvalue weighted by molar-refractivity contribution is -0.115. The van der Waals surface area contributed by atoms with Gasteiger partial charge >= 0.3 is 0 Å². The molecule has 0 spiro atoms. The molecule has 1 N–H and O–H groups in total. The smallest absolute Gasteiger partial charge is 0.263 e. The van der Waals surface area contributed by atoms with Gasteiger partial charge in [0.2, 0.25) is 5.91 Å². The molecule has 1 aliphatic rings. The van der Waals surface area contributed by atoms with Crippen molar-refractivity contribution in [2.24, 2.45) is 0 Å². The van der Waals surface area contributed by atoms with Crippen molar-refractivity contribution >= 4 is 68.2 Å². The lowest BCUT2D eigenvalue weighted by Crippen LogP contribution is -2.27. The second-order valence-electron chi connectivity index (χ2n) is 7.07. The first-order valence-corrected chi connectivity index (χ1v) is 12.2. The number of aryl methyl sites for hydroxylation is 2. The predicted molar refractivity (Wildman–Crippen MR) is 124 cm³/mol. The molecule has 1 amide bonds. The Kier molecular flexibility index (Phi) is 6.39. The van der Waals surface area contributed by atoms with Crippen LogP contribution in [0.4, 0.5) is 5.82 Å². The molecule has 1 unspecified atom stereocenters. The highest BCUT2D eigenvalue weighted by molar-refractivity contribution is 8.00. The van der Waals surface area contributed by atoms with Crippen molar-refractivity contribution < 1.29 is 4.79 Å². The van der Waals surface area contributed by atoms with Crippen LogP contribution < -0.4 is 10.9 Å². The van der Waals surface area contributed by atoms with Crippen LogP contribution in [-0.2, 0) is 24.2 Å². The van der Waals surface area contributed by atoms with E-state index in [0.29, 0.717) is 16.7 Å². The molecule has 0 saturated heterocycles. The van der Waals surface area contributed by atoms with E-state index in [1.54, 1.807) is 22.8 Å². The first kappa shape index (κ1) is 21.6. The zero-order chi connectivity index (χ0) is 21.4. The maximum Gasteiger partial charge on any atom is 0.263 e. The number of thiophene rings is 1. The molecule has 1 aliphatic carbocycles. The highest BCUT2D eigenvalue weighted by Crippen LogP contribution is 2.35. The van der Waals surface area contributed by atoms with Crippen LogP contribution in [0, 0.1) is 0 Å². The van der Waals surface area contributed by atoms with Crippen LogP contribution in [0.3, 0.4) is 0 Å². The second kappa shape index (κ2) is 8.86. The molecule has 3 aromatic rings. The third-order valence-corrected chi connectivity index (χ3v) is 7.83. The Morgan fingerprint density at radius 3 is 2.87 bits per heavy atom. The fourth-order valence-electron chi connectivity index (χ4n) is 3.53. The van der Waals surface area contributed by atoms with E-state index < -0.39 is 5.25 Å². The van der Waals surface area contributed by atoms with Gasteiger partial charge in [-0.1, -0.05) is 35.0 Å². The molecule has 0 fully saturated rings. The number of rotatable bonds is 5. The number of pyridine rings is 1. The van der Waals surface area contributed by atoms with Crippen molar-refractivity contribution in [2.45, 2.75) is 56.5 Å². The lowest BCUT2D eigenvalue weighted by atomic mass is 9.97. The van der Waals surface area contributed by atoms with Crippen LogP contribution >= 0.6 is 46.3 Å². The third kappa shape index (κ3) is 4.10. The van der Waals surface area contributed by atoms with Gasteiger partial charge in [-0.05, 0) is 51.2 Å². The number of amides is 1. The molecule has 10 heteroatoms. The molecular weight excluding hydrogens is 463 g/mol. The monoisotopic (exact) mass is 482 g/mol. The minimum atomic E-state index is -0.504. The van der Waals surface area contributed by atoms with Crippen molar-refractivity contribution in [3.8, 4) is 0 Å². The Hall–Kier alpha value is -1.61. The number of halogens is 2. The van der Waals surface area contributed by atoms with E-state index in [4.69, 9.17) is 28.2 Å². The number of nitrogens with zero attached hydrogens (tertiary/aromatic N) is 3. The molecule has 30 heavy (non-hydrogen) atoms. The van der Waals surface area contributed by atoms with E-state index in [9.17, 15) is 9.59 Å². The van der Waals surface area contributed by atoms with Gasteiger partial charge in [-0.15, -0.1) is 11.3 Å². The zero-order valence-electron chi connectivity index (χ0n) is 16.5. The number of carbonyl (C=O) groups is 1. The molecule has 158 valence electrons. The number of nitrogens with one attached hydrogen (secondary N) is 1. The summed E-state index contributed by atoms with van der Waals surface area (Å²) in [7, 11) is 0. The Morgan fingerprint density at radius 2 is 2.13 bits per heavy atom. The van der Waals surface area contributed by atoms with E-state index in [2.05, 4.69) is 10.3 Å². The molecule has 0 radical (unpaired) electrons. The van der Waals surface area contributed by atoms with Crippen LogP contribution in [0.1, 0.15) is 37.1 Å². The Morgan fingerprint density at radius 1 is 1.37 bits per heavy atom. The molecular formula is C20H20Cl2N4O2S2. The van der Waals surface area contributed by atoms with Gasteiger partial charge in [-0.3, -0.25) is 14.2 Å². The van der Waals surface area contributed by atoms with E-state index in [0.717, 1.165) is 35.9 Å². The van der Waals surface area contributed by atoms with Gasteiger partial charge in [0.05, 0.1) is 20.7 Å². The second-order valence-corrected chi connectivity index (χ2v) is 10.3. The summed E-state index contributed by atoms with van der Waals surface area (Å²) in [5.41, 5.74) is 1.16. The van der Waals surface area contributed by atoms with Crippen LogP contribution in [0.25, 0.3) is 10.2 Å². The summed E-state index contributed by atoms with van der Waals surface area (Å²) < 4.78 is 1.66. The number of hydrogen-bond donors (Lipinski definition) is 1. The molecule has 3 heterocycles. The fourth-order valence-corrected chi connectivity index (χ4v) is 6.23. The molecule has 0 aromatic carbocycles. The van der Waals surface area contributed by atoms with Crippen molar-refractivity contribution in [3.05, 3.63) is 43.1 Å². The SMILES string of the molecule is CCn1c(SC(C)C(=O)Nc2ncc(Cl)cc2Cl)nc2sc3c(c2c1=O)CCCC3. The van der Waals surface area contributed by atoms with Crippen LogP contribution in [0.5, 0.6) is 0 Å². The normalized spacial score (nSPS) is 14.5. The summed E-state index contributed by atoms with van der Waals surface area (Å²) in [5, 5.41) is 4.17. The third-order valence-electron chi connectivity index (χ3n) is 5.06. The summed E-state index contributed by atoms with van der Waals surface area (Å²) in [5.74, 6) is -0.0278. The van der Waals surface area contributed by atoms with Gasteiger partial charge < -0.3 is 5.32 Å². The van der Waals surface area contributed by atoms with Gasteiger partial charge in [0.1, 0.15) is 4.83 Å². The van der Waals surface area contributed by atoms with E-state index in [1.807, 2.05) is 6.92 Å². The van der Waals surface area contributed by atoms with Crippen molar-refractivity contribution in [2.75, 3.05) is 5.32 Å². The highest BCUT2D eigenvalue weighted by atomic mass is 35.5. The van der Waals surface area contributed by atoms with Crippen molar-refractivity contribution in [3.63, 3.8) is 0 Å². The fraction of sp³-hybridized carbons (Fsp3) is 0.400. The average molecular weight is 483 g/mol. The highest BCUT2D eigenvalue weighted by Gasteiger charge is 2.24. The topological polar surface area (TPSA) is 76.9 Å². The van der Waals surface area contributed by atoms with Gasteiger partial charge in [-0.2, -0.15) is 0 Å². The maximum atomic E-state index is 13.2. The predicted octanol–water partition coefficient (Wildman–Crippen LogP) is 5.18. The lowest BCUT2D eigenvalue weighted by Gasteiger charge is -2.15. The van der Waals surface area contributed by atoms with Crippen molar-refractivity contribution in [1.29, 1.82) is 0 Å². The molecule has 0 bridgehead atoms. The average Bonchev–Trinajstić information content (AvgIpc) is 3.08. The zero-order valence-corrected chi connectivity index (χ0v) is 19.6. The molecule has 4 rings (SSSR count). The summed E-state index contributed by atoms with van der Waals surface area (Å²) in [6.45, 7) is 4.17. The number of carbonyl (C=O) groups excluding carboxylic acids is 1. The first-order chi connectivity index (χ1) is 14.4. The number of fused-ring (bicyclic) bond motifs is 3. The van der Waals surface area contributed by atoms with Gasteiger partial charge in [0.25, 0.3) is 5.56 Å². The molecule has 6 nitrogen and oxygen atoms in total. The minimum Gasteiger partial charge on any atom is -0.308 e. The number of aromatic nitrogens is 3. The summed E-state index contributed by atoms with van der Waals surface area (Å²) in [4.78, 5) is 36.8. The van der Waals surface area contributed by atoms with E-state index in [-0.39, 0.29) is 22.3 Å². The standard InChI is InChI=1S/C20H20Cl2N4O2S2/c1-3-26-19(28)15-12-6-4-5-7-14(12)30-18(15)25-20(26)29-10(2)17(27)24-16-13(22)8-11(21)9-23-16/h8-10H,3-7H2,1-2H3,(H,23,24,27). The van der Waals surface area contributed by atoms with Crippen LogP contribution in [0.15, 0.2) is 22.2 Å². The minimum absolute atomic E-state index is 0.0144. The molecule has 0 aliphatic heterocycles. The molecule has 1 atom stereocenters. The summed E-state index contributed by atoms with van der Waals surface area (Å²) in [6, 6.07) is 1.52. The molecule has 3 aromatic heterocycles. The van der Waals surface area contributed by atoms with Gasteiger partial charge in [0, 0.05) is 17.6 Å². The number of anilines is 1.